The number of rotatable bonds is 6. The second-order valence-corrected chi connectivity index (χ2v) is 4.35. The van der Waals surface area contributed by atoms with Crippen LogP contribution in [0.3, 0.4) is 0 Å². The standard InChI is InChI=1S/C12H18N4O2/c1-8-10(15-7-16-12(8)18-2)13-5-6-14-11(17)9-3-4-9/h7,9H,3-6H2,1-2H3,(H,14,17)(H,13,15,16). The van der Waals surface area contributed by atoms with Crippen molar-refractivity contribution in [2.75, 3.05) is 25.5 Å². The van der Waals surface area contributed by atoms with E-state index in [1.54, 1.807) is 7.11 Å². The van der Waals surface area contributed by atoms with Gasteiger partial charge in [-0.05, 0) is 19.8 Å². The zero-order chi connectivity index (χ0) is 13.0. The molecule has 1 aromatic rings. The van der Waals surface area contributed by atoms with Gasteiger partial charge in [-0.25, -0.2) is 9.97 Å². The van der Waals surface area contributed by atoms with Crippen LogP contribution in [0.15, 0.2) is 6.33 Å². The van der Waals surface area contributed by atoms with Gasteiger partial charge in [-0.1, -0.05) is 0 Å². The summed E-state index contributed by atoms with van der Waals surface area (Å²) in [7, 11) is 1.58. The van der Waals surface area contributed by atoms with E-state index in [0.717, 1.165) is 24.2 Å². The predicted molar refractivity (Wildman–Crippen MR) is 67.5 cm³/mol. The van der Waals surface area contributed by atoms with Crippen molar-refractivity contribution in [2.45, 2.75) is 19.8 Å². The first-order valence-electron chi connectivity index (χ1n) is 6.09. The number of carbonyl (C=O) groups excluding carboxylic acids is 1. The van der Waals surface area contributed by atoms with Crippen LogP contribution in [0.4, 0.5) is 5.82 Å². The number of hydrogen-bond acceptors (Lipinski definition) is 5. The molecule has 0 aromatic carbocycles. The van der Waals surface area contributed by atoms with Crippen molar-refractivity contribution in [3.05, 3.63) is 11.9 Å². The molecular formula is C12H18N4O2. The molecule has 0 radical (unpaired) electrons. The Kier molecular flexibility index (Phi) is 3.96. The summed E-state index contributed by atoms with van der Waals surface area (Å²) in [5.74, 6) is 1.72. The number of methoxy groups -OCH3 is 1. The minimum absolute atomic E-state index is 0.161. The van der Waals surface area contributed by atoms with Gasteiger partial charge in [0.1, 0.15) is 12.1 Å². The van der Waals surface area contributed by atoms with E-state index in [1.165, 1.54) is 6.33 Å². The topological polar surface area (TPSA) is 76.1 Å². The summed E-state index contributed by atoms with van der Waals surface area (Å²) in [4.78, 5) is 19.5. The molecule has 1 aromatic heterocycles. The molecule has 1 saturated carbocycles. The van der Waals surface area contributed by atoms with Gasteiger partial charge in [0.15, 0.2) is 0 Å². The summed E-state index contributed by atoms with van der Waals surface area (Å²) in [6.07, 6.45) is 3.51. The summed E-state index contributed by atoms with van der Waals surface area (Å²) in [6.45, 7) is 3.13. The van der Waals surface area contributed by atoms with Crippen LogP contribution in [0.5, 0.6) is 5.88 Å². The van der Waals surface area contributed by atoms with Crippen LogP contribution >= 0.6 is 0 Å². The van der Waals surface area contributed by atoms with E-state index < -0.39 is 0 Å². The molecule has 1 aliphatic carbocycles. The Morgan fingerprint density at radius 3 is 2.89 bits per heavy atom. The summed E-state index contributed by atoms with van der Waals surface area (Å²) >= 11 is 0. The van der Waals surface area contributed by atoms with Gasteiger partial charge in [0.2, 0.25) is 11.8 Å². The Morgan fingerprint density at radius 1 is 1.44 bits per heavy atom. The number of nitrogens with zero attached hydrogens (tertiary/aromatic N) is 2. The van der Waals surface area contributed by atoms with E-state index in [2.05, 4.69) is 20.6 Å². The third-order valence-electron chi connectivity index (χ3n) is 2.90. The van der Waals surface area contributed by atoms with E-state index >= 15 is 0 Å². The maximum absolute atomic E-state index is 11.4. The van der Waals surface area contributed by atoms with Gasteiger partial charge in [0.05, 0.1) is 12.7 Å². The molecule has 0 bridgehead atoms. The maximum Gasteiger partial charge on any atom is 0.223 e. The lowest BCUT2D eigenvalue weighted by Crippen LogP contribution is -2.30. The summed E-state index contributed by atoms with van der Waals surface area (Å²) in [5, 5.41) is 6.04. The molecule has 1 fully saturated rings. The van der Waals surface area contributed by atoms with Crippen molar-refractivity contribution in [3.63, 3.8) is 0 Å². The molecule has 1 heterocycles. The fourth-order valence-electron chi connectivity index (χ4n) is 1.67. The van der Waals surface area contributed by atoms with E-state index in [-0.39, 0.29) is 11.8 Å². The maximum atomic E-state index is 11.4. The average molecular weight is 250 g/mol. The van der Waals surface area contributed by atoms with Crippen molar-refractivity contribution < 1.29 is 9.53 Å². The van der Waals surface area contributed by atoms with E-state index in [4.69, 9.17) is 4.74 Å². The van der Waals surface area contributed by atoms with Crippen LogP contribution in [-0.4, -0.2) is 36.1 Å². The second kappa shape index (κ2) is 5.66. The summed E-state index contributed by atoms with van der Waals surface area (Å²) in [6, 6.07) is 0. The molecule has 18 heavy (non-hydrogen) atoms. The number of ether oxygens (including phenoxy) is 1. The van der Waals surface area contributed by atoms with Gasteiger partial charge in [0.25, 0.3) is 0 Å². The molecular weight excluding hydrogens is 232 g/mol. The summed E-state index contributed by atoms with van der Waals surface area (Å²) < 4.78 is 5.11. The number of carbonyl (C=O) groups is 1. The quantitative estimate of drug-likeness (QED) is 0.728. The van der Waals surface area contributed by atoms with Crippen LogP contribution in [0, 0.1) is 12.8 Å². The normalized spacial score (nSPS) is 14.1. The van der Waals surface area contributed by atoms with E-state index in [1.807, 2.05) is 6.92 Å². The number of nitrogens with one attached hydrogen (secondary N) is 2. The van der Waals surface area contributed by atoms with Crippen LogP contribution < -0.4 is 15.4 Å². The Labute approximate surface area is 106 Å². The highest BCUT2D eigenvalue weighted by Gasteiger charge is 2.28. The minimum atomic E-state index is 0.161. The monoisotopic (exact) mass is 250 g/mol. The molecule has 0 atom stereocenters. The molecule has 1 aliphatic rings. The van der Waals surface area contributed by atoms with E-state index in [0.29, 0.717) is 19.0 Å². The zero-order valence-electron chi connectivity index (χ0n) is 10.7. The van der Waals surface area contributed by atoms with E-state index in [9.17, 15) is 4.79 Å². The SMILES string of the molecule is COc1ncnc(NCCNC(=O)C2CC2)c1C. The third kappa shape index (κ3) is 3.09. The molecule has 1 amide bonds. The Morgan fingerprint density at radius 2 is 2.22 bits per heavy atom. The van der Waals surface area contributed by atoms with Gasteiger partial charge in [0, 0.05) is 19.0 Å². The molecule has 2 N–H and O–H groups in total. The predicted octanol–water partition coefficient (Wildman–Crippen LogP) is 0.732. The van der Waals surface area contributed by atoms with Crippen LogP contribution in [0.25, 0.3) is 0 Å². The van der Waals surface area contributed by atoms with Gasteiger partial charge in [-0.15, -0.1) is 0 Å². The molecule has 2 rings (SSSR count). The highest BCUT2D eigenvalue weighted by molar-refractivity contribution is 5.80. The first-order valence-corrected chi connectivity index (χ1v) is 6.09. The van der Waals surface area contributed by atoms with Crippen LogP contribution in [-0.2, 0) is 4.79 Å². The lowest BCUT2D eigenvalue weighted by molar-refractivity contribution is -0.122. The van der Waals surface area contributed by atoms with Gasteiger partial charge in [-0.3, -0.25) is 4.79 Å². The molecule has 6 nitrogen and oxygen atoms in total. The second-order valence-electron chi connectivity index (χ2n) is 4.35. The molecule has 6 heteroatoms. The van der Waals surface area contributed by atoms with Crippen molar-refractivity contribution in [3.8, 4) is 5.88 Å². The summed E-state index contributed by atoms with van der Waals surface area (Å²) in [5.41, 5.74) is 0.869. The Hall–Kier alpha value is -1.85. The molecule has 0 unspecified atom stereocenters. The molecule has 0 spiro atoms. The van der Waals surface area contributed by atoms with Crippen LogP contribution in [0.2, 0.25) is 0 Å². The zero-order valence-corrected chi connectivity index (χ0v) is 10.7. The van der Waals surface area contributed by atoms with Crippen molar-refractivity contribution in [2.24, 2.45) is 5.92 Å². The van der Waals surface area contributed by atoms with Gasteiger partial charge >= 0.3 is 0 Å². The van der Waals surface area contributed by atoms with Crippen molar-refractivity contribution >= 4 is 11.7 Å². The smallest absolute Gasteiger partial charge is 0.223 e. The lowest BCUT2D eigenvalue weighted by atomic mass is 10.3. The fourth-order valence-corrected chi connectivity index (χ4v) is 1.67. The van der Waals surface area contributed by atoms with Crippen LogP contribution in [0.1, 0.15) is 18.4 Å². The lowest BCUT2D eigenvalue weighted by Gasteiger charge is -2.10. The highest BCUT2D eigenvalue weighted by Crippen LogP contribution is 2.28. The minimum Gasteiger partial charge on any atom is -0.481 e. The number of aromatic nitrogens is 2. The first kappa shape index (κ1) is 12.6. The molecule has 98 valence electrons. The first-order chi connectivity index (χ1) is 8.72. The molecule has 0 saturated heterocycles. The largest absolute Gasteiger partial charge is 0.481 e. The van der Waals surface area contributed by atoms with Gasteiger partial charge in [-0.2, -0.15) is 0 Å². The van der Waals surface area contributed by atoms with Crippen molar-refractivity contribution in [1.82, 2.24) is 15.3 Å². The third-order valence-corrected chi connectivity index (χ3v) is 2.90. The highest BCUT2D eigenvalue weighted by atomic mass is 16.5. The number of hydrogen-bond donors (Lipinski definition) is 2. The molecule has 0 aliphatic heterocycles. The average Bonchev–Trinajstić information content (AvgIpc) is 3.20. The van der Waals surface area contributed by atoms with Gasteiger partial charge < -0.3 is 15.4 Å². The fraction of sp³-hybridized carbons (Fsp3) is 0.583. The number of anilines is 1. The Balaban J connectivity index is 1.77. The number of amides is 1. The Bertz CT molecular complexity index is 432. The van der Waals surface area contributed by atoms with Crippen molar-refractivity contribution in [1.29, 1.82) is 0 Å².